The fraction of sp³-hybridized carbons (Fsp3) is 0.520. The number of likely N-dealkylation sites (N-methyl/N-ethyl adjacent to an activating group) is 1. The number of aromatic nitrogens is 1. The molecule has 0 fully saturated rings. The van der Waals surface area contributed by atoms with Gasteiger partial charge in [-0.1, -0.05) is 124 Å². The van der Waals surface area contributed by atoms with Crippen molar-refractivity contribution in [1.29, 1.82) is 0 Å². The summed E-state index contributed by atoms with van der Waals surface area (Å²) in [6.07, 6.45) is 10.7. The van der Waals surface area contributed by atoms with E-state index in [1.54, 1.807) is 52.2 Å². The number of unbranched alkanes of at least 4 members (excludes halogenated alkanes) is 1. The lowest BCUT2D eigenvalue weighted by atomic mass is 9.95. The number of hydrogen-bond donors (Lipinski definition) is 3. The van der Waals surface area contributed by atoms with Gasteiger partial charge in [0.05, 0.1) is 17.8 Å². The summed E-state index contributed by atoms with van der Waals surface area (Å²) in [4.78, 5) is 44.1. The van der Waals surface area contributed by atoms with E-state index in [-0.39, 0.29) is 23.0 Å². The standard InChI is InChI=1S/C31H30ClFN4O3.C8H18.C6H13NO.C3H8O.C2H6/c1-16-10-11-19-14-25(35-30(40-6)26(16)19)20-8-7-9-21(28(20)32)27-17(2)24(13-12-23(27)33)34-29(38)22-15-36(4)18(3)37(5)31(22)39;1-4-6-7-8(3)5-2;1-4-5(2)6(8)7-3;1-2-3-4;1-2/h7-9,12-16H,3,10-11H2,1-2,4-6H3,(H,34,38);8H,4-7H2,1-3H3;5H,4H2,1-3H3,(H,7,8);4H,2-3H2,1H3;1-2H3. The summed E-state index contributed by atoms with van der Waals surface area (Å²) >= 11 is 6.93. The summed E-state index contributed by atoms with van der Waals surface area (Å²) in [5, 5.41) is 13.6. The van der Waals surface area contributed by atoms with E-state index in [0.29, 0.717) is 57.3 Å². The molecule has 3 amide bonds. The van der Waals surface area contributed by atoms with Crippen LogP contribution in [-0.2, 0) is 20.8 Å². The maximum absolute atomic E-state index is 15.4. The lowest BCUT2D eigenvalue weighted by Gasteiger charge is -2.31. The first-order valence-electron chi connectivity index (χ1n) is 22.2. The molecule has 10 nitrogen and oxygen atoms in total. The molecule has 62 heavy (non-hydrogen) atoms. The third-order valence-corrected chi connectivity index (χ3v) is 11.4. The van der Waals surface area contributed by atoms with E-state index in [1.165, 1.54) is 54.5 Å². The van der Waals surface area contributed by atoms with Crippen molar-refractivity contribution in [1.82, 2.24) is 20.1 Å². The number of methoxy groups -OCH3 is 1. The van der Waals surface area contributed by atoms with Crippen LogP contribution in [0, 0.1) is 24.6 Å². The van der Waals surface area contributed by atoms with E-state index in [9.17, 15) is 14.4 Å². The summed E-state index contributed by atoms with van der Waals surface area (Å²) in [5.41, 5.74) is 5.07. The number of halogens is 2. The van der Waals surface area contributed by atoms with Gasteiger partial charge in [0.2, 0.25) is 11.8 Å². The Morgan fingerprint density at radius 1 is 1.06 bits per heavy atom. The van der Waals surface area contributed by atoms with E-state index < -0.39 is 17.6 Å². The number of nitrogens with one attached hydrogen (secondary N) is 2. The van der Waals surface area contributed by atoms with Gasteiger partial charge in [0.25, 0.3) is 11.8 Å². The molecule has 0 bridgehead atoms. The smallest absolute Gasteiger partial charge is 0.266 e. The van der Waals surface area contributed by atoms with Gasteiger partial charge in [-0.25, -0.2) is 9.37 Å². The third kappa shape index (κ3) is 15.0. The molecule has 3 aromatic rings. The number of hydrogen-bond acceptors (Lipinski definition) is 7. The second-order valence-corrected chi connectivity index (χ2v) is 15.9. The van der Waals surface area contributed by atoms with Crippen LogP contribution in [0.5, 0.6) is 5.88 Å². The molecule has 0 saturated carbocycles. The number of fused-ring (bicyclic) bond motifs is 1. The van der Waals surface area contributed by atoms with Gasteiger partial charge in [0.1, 0.15) is 17.2 Å². The van der Waals surface area contributed by atoms with Gasteiger partial charge < -0.3 is 25.4 Å². The van der Waals surface area contributed by atoms with E-state index in [4.69, 9.17) is 26.4 Å². The minimum Gasteiger partial charge on any atom is -0.481 e. The van der Waals surface area contributed by atoms with Crippen LogP contribution in [0.25, 0.3) is 22.4 Å². The zero-order valence-electron chi connectivity index (χ0n) is 40.0. The highest BCUT2D eigenvalue weighted by molar-refractivity contribution is 6.36. The van der Waals surface area contributed by atoms with Crippen LogP contribution in [0.15, 0.2) is 60.6 Å². The largest absolute Gasteiger partial charge is 0.481 e. The number of ether oxygens (including phenoxy) is 1. The van der Waals surface area contributed by atoms with Gasteiger partial charge in [0, 0.05) is 67.8 Å². The van der Waals surface area contributed by atoms with Crippen LogP contribution in [0.3, 0.4) is 0 Å². The number of nitrogens with zero attached hydrogens (tertiary/aromatic N) is 3. The van der Waals surface area contributed by atoms with Crippen molar-refractivity contribution in [2.45, 2.75) is 127 Å². The normalized spacial score (nSPS) is 14.8. The monoisotopic (exact) mass is 880 g/mol. The molecule has 5 rings (SSSR count). The van der Waals surface area contributed by atoms with Crippen molar-refractivity contribution in [2.24, 2.45) is 11.8 Å². The fourth-order valence-electron chi connectivity index (χ4n) is 6.59. The molecular formula is C50H75ClFN5O5. The van der Waals surface area contributed by atoms with Gasteiger partial charge in [-0.3, -0.25) is 19.3 Å². The van der Waals surface area contributed by atoms with Crippen molar-refractivity contribution in [3.8, 4) is 28.3 Å². The molecule has 0 spiro atoms. The Kier molecular flexibility index (Phi) is 25.0. The summed E-state index contributed by atoms with van der Waals surface area (Å²) < 4.78 is 21.0. The number of benzene rings is 2. The van der Waals surface area contributed by atoms with E-state index in [2.05, 4.69) is 44.9 Å². The average Bonchev–Trinajstić information content (AvgIpc) is 3.67. The molecule has 0 saturated heterocycles. The van der Waals surface area contributed by atoms with Crippen molar-refractivity contribution in [3.05, 3.63) is 88.1 Å². The number of aliphatic hydroxyl groups is 1. The summed E-state index contributed by atoms with van der Waals surface area (Å²) in [7, 11) is 6.51. The molecule has 12 heteroatoms. The molecule has 3 atom stereocenters. The minimum atomic E-state index is -0.611. The van der Waals surface area contributed by atoms with Gasteiger partial charge in [-0.05, 0) is 73.8 Å². The second kappa shape index (κ2) is 28.1. The zero-order chi connectivity index (χ0) is 47.3. The molecule has 1 aromatic heterocycles. The number of rotatable bonds is 12. The topological polar surface area (TPSA) is 124 Å². The molecule has 1 aliphatic carbocycles. The van der Waals surface area contributed by atoms with Crippen LogP contribution >= 0.6 is 11.6 Å². The van der Waals surface area contributed by atoms with Gasteiger partial charge in [-0.2, -0.15) is 0 Å². The predicted molar refractivity (Wildman–Crippen MR) is 256 cm³/mol. The van der Waals surface area contributed by atoms with Crippen molar-refractivity contribution < 1.29 is 28.6 Å². The molecule has 2 heterocycles. The number of carbonyl (C=O) groups excluding carboxylic acids is 3. The molecule has 0 radical (unpaired) electrons. The maximum atomic E-state index is 15.4. The number of aliphatic hydroxyl groups excluding tert-OH is 1. The molecule has 2 aromatic carbocycles. The van der Waals surface area contributed by atoms with Crippen molar-refractivity contribution in [2.75, 3.05) is 40.2 Å². The Morgan fingerprint density at radius 3 is 2.23 bits per heavy atom. The average molecular weight is 881 g/mol. The minimum absolute atomic E-state index is 0.0614. The van der Waals surface area contributed by atoms with Crippen LogP contribution in [0.4, 0.5) is 10.1 Å². The van der Waals surface area contributed by atoms with Crippen LogP contribution in [0.2, 0.25) is 5.02 Å². The number of amides is 3. The zero-order valence-corrected chi connectivity index (χ0v) is 40.8. The SMILES string of the molecule is C=C1N(C)C=C(C(=O)Nc2ccc(F)c(-c3cccc(-c4cc5c(c(OC)n4)C(C)CC5)c3Cl)c2C)C(=O)N1C.CC.CCC(C)C(=O)NC.CCCCC(C)CC.CCCO. The molecule has 344 valence electrons. The third-order valence-electron chi connectivity index (χ3n) is 11.0. The van der Waals surface area contributed by atoms with Crippen LogP contribution < -0.4 is 15.4 Å². The molecule has 3 unspecified atom stereocenters. The van der Waals surface area contributed by atoms with Crippen molar-refractivity contribution >= 4 is 35.0 Å². The first-order chi connectivity index (χ1) is 29.5. The van der Waals surface area contributed by atoms with Crippen LogP contribution in [0.1, 0.15) is 130 Å². The number of carbonyl (C=O) groups is 3. The Balaban J connectivity index is 0.000000722. The highest BCUT2D eigenvalue weighted by Gasteiger charge is 2.30. The van der Waals surface area contributed by atoms with Crippen LogP contribution in [-0.4, -0.2) is 72.5 Å². The fourth-order valence-corrected chi connectivity index (χ4v) is 6.90. The van der Waals surface area contributed by atoms with Gasteiger partial charge >= 0.3 is 0 Å². The first kappa shape index (κ1) is 55.3. The summed E-state index contributed by atoms with van der Waals surface area (Å²) in [6, 6.07) is 10.2. The number of anilines is 1. The Bertz CT molecular complexity index is 1970. The Hall–Kier alpha value is -4.74. The quantitative estimate of drug-likeness (QED) is 0.155. The summed E-state index contributed by atoms with van der Waals surface area (Å²) in [5.74, 6) is 1.05. The lowest BCUT2D eigenvalue weighted by molar-refractivity contribution is -0.128. The lowest BCUT2D eigenvalue weighted by Crippen LogP contribution is -2.41. The van der Waals surface area contributed by atoms with Gasteiger partial charge in [0.15, 0.2) is 0 Å². The van der Waals surface area contributed by atoms with Crippen molar-refractivity contribution in [3.63, 3.8) is 0 Å². The second-order valence-electron chi connectivity index (χ2n) is 15.5. The molecular weight excluding hydrogens is 805 g/mol. The van der Waals surface area contributed by atoms with E-state index in [1.807, 2.05) is 46.8 Å². The number of aryl methyl sites for hydroxylation is 1. The highest BCUT2D eigenvalue weighted by atomic mass is 35.5. The first-order valence-corrected chi connectivity index (χ1v) is 22.6. The maximum Gasteiger partial charge on any atom is 0.266 e. The highest BCUT2D eigenvalue weighted by Crippen LogP contribution is 2.44. The molecule has 3 N–H and O–H groups in total. The Labute approximate surface area is 377 Å². The van der Waals surface area contributed by atoms with E-state index in [0.717, 1.165) is 37.2 Å². The predicted octanol–water partition coefficient (Wildman–Crippen LogP) is 11.7. The molecule has 2 aliphatic rings. The summed E-state index contributed by atoms with van der Waals surface area (Å²) in [6.45, 7) is 24.7. The van der Waals surface area contributed by atoms with E-state index >= 15 is 4.39 Å². The number of pyridine rings is 1. The Morgan fingerprint density at radius 2 is 1.69 bits per heavy atom. The molecule has 1 aliphatic heterocycles. The van der Waals surface area contributed by atoms with Gasteiger partial charge in [-0.15, -0.1) is 0 Å².